The third-order valence-corrected chi connectivity index (χ3v) is 3.02. The van der Waals surface area contributed by atoms with Gasteiger partial charge in [0, 0.05) is 18.5 Å². The molecule has 0 atom stereocenters. The molecule has 0 aliphatic rings. The molecular weight excluding hydrogens is 318 g/mol. The van der Waals surface area contributed by atoms with Crippen LogP contribution in [0.25, 0.3) is 0 Å². The summed E-state index contributed by atoms with van der Waals surface area (Å²) in [5.74, 6) is -0.507. The highest BCUT2D eigenvalue weighted by Crippen LogP contribution is 2.25. The minimum Gasteiger partial charge on any atom is -0.463 e. The highest BCUT2D eigenvalue weighted by atomic mass is 35.5. The molecule has 0 spiro atoms. The lowest BCUT2D eigenvalue weighted by Gasteiger charge is -2.10. The molecule has 0 fully saturated rings. The van der Waals surface area contributed by atoms with Crippen molar-refractivity contribution < 1.29 is 14.3 Å². The zero-order valence-electron chi connectivity index (χ0n) is 12.3. The number of pyridine rings is 2. The summed E-state index contributed by atoms with van der Waals surface area (Å²) in [5.41, 5.74) is 0.600. The molecule has 7 heteroatoms. The molecular formula is C16H14ClN3O3. The van der Waals surface area contributed by atoms with Crippen molar-refractivity contribution in [2.45, 2.75) is 6.92 Å². The fourth-order valence-corrected chi connectivity index (χ4v) is 2.02. The minimum absolute atomic E-state index is 0.0319. The Balaban J connectivity index is 2.27. The van der Waals surface area contributed by atoms with E-state index < -0.39 is 11.8 Å². The van der Waals surface area contributed by atoms with Crippen molar-refractivity contribution in [1.82, 2.24) is 9.97 Å². The van der Waals surface area contributed by atoms with Crippen LogP contribution in [0, 0.1) is 0 Å². The Morgan fingerprint density at radius 2 is 2.04 bits per heavy atom. The van der Waals surface area contributed by atoms with Gasteiger partial charge in [0.05, 0.1) is 17.9 Å². The molecule has 0 bridgehead atoms. The first-order chi connectivity index (χ1) is 11.1. The molecule has 1 N–H and O–H groups in total. The number of hydrogen-bond donors (Lipinski definition) is 1. The van der Waals surface area contributed by atoms with E-state index in [2.05, 4.69) is 15.3 Å². The predicted molar refractivity (Wildman–Crippen MR) is 86.9 cm³/mol. The standard InChI is InChI=1S/C16H14ClN3O3/c1-2-23-14(22)7-6-12(21)15-11(8-10-19-16(15)17)20-13-5-3-4-9-18-13/h3-10H,2H2,1H3,(H,18,19,20)/b7-6+. The van der Waals surface area contributed by atoms with Gasteiger partial charge in [-0.3, -0.25) is 4.79 Å². The van der Waals surface area contributed by atoms with Gasteiger partial charge in [0.25, 0.3) is 0 Å². The van der Waals surface area contributed by atoms with E-state index in [-0.39, 0.29) is 17.3 Å². The zero-order valence-corrected chi connectivity index (χ0v) is 13.1. The smallest absolute Gasteiger partial charge is 0.330 e. The number of nitrogens with one attached hydrogen (secondary N) is 1. The van der Waals surface area contributed by atoms with Crippen LogP contribution in [0.2, 0.25) is 5.15 Å². The van der Waals surface area contributed by atoms with Crippen LogP contribution in [0.1, 0.15) is 17.3 Å². The molecule has 2 aromatic rings. The highest BCUT2D eigenvalue weighted by molar-refractivity contribution is 6.34. The first-order valence-electron chi connectivity index (χ1n) is 6.83. The second-order valence-corrected chi connectivity index (χ2v) is 4.67. The average molecular weight is 332 g/mol. The molecule has 0 radical (unpaired) electrons. The first kappa shape index (κ1) is 16.6. The van der Waals surface area contributed by atoms with Crippen LogP contribution in [-0.4, -0.2) is 28.3 Å². The molecule has 2 rings (SSSR count). The van der Waals surface area contributed by atoms with Crippen molar-refractivity contribution in [2.75, 3.05) is 11.9 Å². The second kappa shape index (κ2) is 8.05. The van der Waals surface area contributed by atoms with E-state index in [1.54, 1.807) is 37.4 Å². The summed E-state index contributed by atoms with van der Waals surface area (Å²) in [6, 6.07) is 6.93. The number of halogens is 1. The number of ether oxygens (including phenoxy) is 1. The number of hydrogen-bond acceptors (Lipinski definition) is 6. The Bertz CT molecular complexity index is 733. The van der Waals surface area contributed by atoms with E-state index in [1.165, 1.54) is 6.20 Å². The summed E-state index contributed by atoms with van der Waals surface area (Å²) in [7, 11) is 0. The van der Waals surface area contributed by atoms with Gasteiger partial charge < -0.3 is 10.1 Å². The molecule has 0 aliphatic heterocycles. The number of carbonyl (C=O) groups excluding carboxylic acids is 2. The maximum absolute atomic E-state index is 12.3. The molecule has 0 unspecified atom stereocenters. The van der Waals surface area contributed by atoms with Crippen molar-refractivity contribution in [2.24, 2.45) is 0 Å². The van der Waals surface area contributed by atoms with Gasteiger partial charge in [-0.25, -0.2) is 14.8 Å². The van der Waals surface area contributed by atoms with E-state index in [0.29, 0.717) is 11.5 Å². The van der Waals surface area contributed by atoms with Gasteiger partial charge >= 0.3 is 5.97 Å². The number of esters is 1. The maximum atomic E-state index is 12.3. The number of ketones is 1. The molecule has 0 aliphatic carbocycles. The Kier molecular flexibility index (Phi) is 5.82. The van der Waals surface area contributed by atoms with Crippen molar-refractivity contribution >= 4 is 34.9 Å². The number of carbonyl (C=O) groups is 2. The van der Waals surface area contributed by atoms with Gasteiger partial charge in [-0.2, -0.15) is 0 Å². The van der Waals surface area contributed by atoms with Crippen molar-refractivity contribution in [3.05, 3.63) is 59.5 Å². The van der Waals surface area contributed by atoms with Gasteiger partial charge in [0.2, 0.25) is 0 Å². The zero-order chi connectivity index (χ0) is 16.7. The normalized spacial score (nSPS) is 10.5. The number of anilines is 2. The van der Waals surface area contributed by atoms with Crippen LogP contribution >= 0.6 is 11.6 Å². The van der Waals surface area contributed by atoms with Crippen LogP contribution in [0.4, 0.5) is 11.5 Å². The van der Waals surface area contributed by atoms with Crippen LogP contribution in [0.3, 0.4) is 0 Å². The summed E-state index contributed by atoms with van der Waals surface area (Å²) >= 11 is 6.02. The van der Waals surface area contributed by atoms with E-state index in [1.807, 2.05) is 0 Å². The Morgan fingerprint density at radius 1 is 1.22 bits per heavy atom. The molecule has 6 nitrogen and oxygen atoms in total. The van der Waals surface area contributed by atoms with Crippen molar-refractivity contribution in [3.8, 4) is 0 Å². The molecule has 0 saturated carbocycles. The minimum atomic E-state index is -0.597. The van der Waals surface area contributed by atoms with Crippen LogP contribution in [0.5, 0.6) is 0 Å². The van der Waals surface area contributed by atoms with Gasteiger partial charge in [-0.15, -0.1) is 0 Å². The number of allylic oxidation sites excluding steroid dienone is 1. The summed E-state index contributed by atoms with van der Waals surface area (Å²) < 4.78 is 4.73. The average Bonchev–Trinajstić information content (AvgIpc) is 2.54. The lowest BCUT2D eigenvalue weighted by Crippen LogP contribution is -2.06. The molecule has 23 heavy (non-hydrogen) atoms. The van der Waals surface area contributed by atoms with E-state index in [4.69, 9.17) is 16.3 Å². The van der Waals surface area contributed by atoms with Gasteiger partial charge in [0.1, 0.15) is 11.0 Å². The van der Waals surface area contributed by atoms with E-state index >= 15 is 0 Å². The number of aromatic nitrogens is 2. The summed E-state index contributed by atoms with van der Waals surface area (Å²) in [5, 5.41) is 3.03. The summed E-state index contributed by atoms with van der Waals surface area (Å²) in [6.07, 6.45) is 5.25. The summed E-state index contributed by atoms with van der Waals surface area (Å²) in [4.78, 5) is 31.6. The lowest BCUT2D eigenvalue weighted by molar-refractivity contribution is -0.137. The topological polar surface area (TPSA) is 81.2 Å². The van der Waals surface area contributed by atoms with E-state index in [0.717, 1.165) is 12.2 Å². The third kappa shape index (κ3) is 4.62. The quantitative estimate of drug-likeness (QED) is 0.379. The van der Waals surface area contributed by atoms with Crippen molar-refractivity contribution in [1.29, 1.82) is 0 Å². The van der Waals surface area contributed by atoms with Crippen molar-refractivity contribution in [3.63, 3.8) is 0 Å². The predicted octanol–water partition coefficient (Wildman–Crippen LogP) is 3.18. The molecule has 0 saturated heterocycles. The largest absolute Gasteiger partial charge is 0.463 e. The third-order valence-electron chi connectivity index (χ3n) is 2.74. The molecule has 0 amide bonds. The molecule has 118 valence electrons. The van der Waals surface area contributed by atoms with Gasteiger partial charge in [-0.1, -0.05) is 17.7 Å². The Hall–Kier alpha value is -2.73. The Morgan fingerprint density at radius 3 is 2.74 bits per heavy atom. The number of nitrogens with zero attached hydrogens (tertiary/aromatic N) is 2. The SMILES string of the molecule is CCOC(=O)/C=C/C(=O)c1c(Nc2ccccn2)ccnc1Cl. The second-order valence-electron chi connectivity index (χ2n) is 4.31. The molecule has 2 aromatic heterocycles. The van der Waals surface area contributed by atoms with Gasteiger partial charge in [0.15, 0.2) is 5.78 Å². The van der Waals surface area contributed by atoms with Crippen LogP contribution in [0.15, 0.2) is 48.8 Å². The van der Waals surface area contributed by atoms with Gasteiger partial charge in [-0.05, 0) is 31.2 Å². The summed E-state index contributed by atoms with van der Waals surface area (Å²) in [6.45, 7) is 1.91. The van der Waals surface area contributed by atoms with E-state index in [9.17, 15) is 9.59 Å². The fourth-order valence-electron chi connectivity index (χ4n) is 1.77. The molecule has 0 aromatic carbocycles. The molecule has 2 heterocycles. The highest BCUT2D eigenvalue weighted by Gasteiger charge is 2.15. The number of rotatable bonds is 6. The van der Waals surface area contributed by atoms with Crippen LogP contribution in [-0.2, 0) is 9.53 Å². The fraction of sp³-hybridized carbons (Fsp3) is 0.125. The van der Waals surface area contributed by atoms with Crippen LogP contribution < -0.4 is 5.32 Å². The first-order valence-corrected chi connectivity index (χ1v) is 7.21. The lowest BCUT2D eigenvalue weighted by atomic mass is 10.1. The maximum Gasteiger partial charge on any atom is 0.330 e. The Labute approximate surface area is 138 Å². The monoisotopic (exact) mass is 331 g/mol.